The Morgan fingerprint density at radius 3 is 0.752 bits per heavy atom. The number of unbranched alkanes of at least 4 members (excludes halogenated alkanes) is 54. The quantitative estimate of drug-likeness (QED) is 0.0169. The van der Waals surface area contributed by atoms with E-state index < -0.39 is 97.5 Å². The van der Waals surface area contributed by atoms with Crippen molar-refractivity contribution in [3.8, 4) is 0 Å². The molecule has 0 fully saturated rings. The fraction of sp³-hybridized carbons (Fsp3) is 0.911. The van der Waals surface area contributed by atoms with Crippen LogP contribution in [-0.4, -0.2) is 96.7 Å². The summed E-state index contributed by atoms with van der Waals surface area (Å²) in [5, 5.41) is 10.7. The van der Waals surface area contributed by atoms with Crippen LogP contribution in [0.15, 0.2) is 24.3 Å². The van der Waals surface area contributed by atoms with Crippen molar-refractivity contribution in [3.05, 3.63) is 24.3 Å². The van der Waals surface area contributed by atoms with Crippen LogP contribution in [0.25, 0.3) is 0 Å². The van der Waals surface area contributed by atoms with Crippen LogP contribution in [-0.2, 0) is 65.4 Å². The van der Waals surface area contributed by atoms with Crippen LogP contribution in [0.2, 0.25) is 0 Å². The number of phosphoric acid groups is 2. The number of carbonyl (C=O) groups is 4. The number of ether oxygens (including phenoxy) is 4. The van der Waals surface area contributed by atoms with Crippen molar-refractivity contribution in [1.29, 1.82) is 0 Å². The van der Waals surface area contributed by atoms with E-state index in [1.165, 1.54) is 263 Å². The molecule has 109 heavy (non-hydrogen) atoms. The number of allylic oxidation sites excluding steroid dienone is 4. The number of rotatable bonds is 87. The molecule has 0 spiro atoms. The highest BCUT2D eigenvalue weighted by molar-refractivity contribution is 7.47. The molecule has 0 aliphatic carbocycles. The highest BCUT2D eigenvalue weighted by Crippen LogP contribution is 2.45. The highest BCUT2D eigenvalue weighted by atomic mass is 31.2. The van der Waals surface area contributed by atoms with Crippen molar-refractivity contribution in [2.24, 2.45) is 11.8 Å². The maximum absolute atomic E-state index is 13.2. The zero-order valence-corrected chi connectivity index (χ0v) is 73.1. The summed E-state index contributed by atoms with van der Waals surface area (Å²) in [5.41, 5.74) is 0. The lowest BCUT2D eigenvalue weighted by Gasteiger charge is -2.21. The second-order valence-electron chi connectivity index (χ2n) is 32.6. The molecule has 0 bridgehead atoms. The van der Waals surface area contributed by atoms with Crippen LogP contribution in [0.5, 0.6) is 0 Å². The molecule has 5 atom stereocenters. The summed E-state index contributed by atoms with van der Waals surface area (Å²) in [7, 11) is -9.95. The van der Waals surface area contributed by atoms with Crippen LogP contribution in [0, 0.1) is 11.8 Å². The van der Waals surface area contributed by atoms with E-state index in [1.807, 2.05) is 0 Å². The normalized spacial score (nSPS) is 13.9. The van der Waals surface area contributed by atoms with Gasteiger partial charge in [-0.2, -0.15) is 0 Å². The van der Waals surface area contributed by atoms with Gasteiger partial charge >= 0.3 is 39.5 Å². The Balaban J connectivity index is 5.26. The molecule has 2 unspecified atom stereocenters. The van der Waals surface area contributed by atoms with Crippen LogP contribution in [0.4, 0.5) is 0 Å². The van der Waals surface area contributed by atoms with Crippen LogP contribution >= 0.6 is 15.6 Å². The number of hydrogen-bond donors (Lipinski definition) is 3. The van der Waals surface area contributed by atoms with E-state index in [2.05, 4.69) is 65.8 Å². The predicted molar refractivity (Wildman–Crippen MR) is 451 cm³/mol. The Morgan fingerprint density at radius 2 is 0.495 bits per heavy atom. The number of esters is 4. The topological polar surface area (TPSA) is 237 Å². The van der Waals surface area contributed by atoms with Gasteiger partial charge in [-0.15, -0.1) is 0 Å². The van der Waals surface area contributed by atoms with Gasteiger partial charge in [-0.3, -0.25) is 37.3 Å². The van der Waals surface area contributed by atoms with E-state index in [-0.39, 0.29) is 25.7 Å². The molecule has 0 aromatic carbocycles. The van der Waals surface area contributed by atoms with Gasteiger partial charge in [-0.05, 0) is 63.2 Å². The van der Waals surface area contributed by atoms with Crippen molar-refractivity contribution in [2.45, 2.75) is 477 Å². The maximum Gasteiger partial charge on any atom is 0.472 e. The number of hydrogen-bond acceptors (Lipinski definition) is 15. The minimum atomic E-state index is -4.97. The minimum absolute atomic E-state index is 0.0850. The molecular formula is C90H172O17P2. The molecule has 3 N–H and O–H groups in total. The molecule has 0 radical (unpaired) electrons. The standard InChI is InChI=1S/C90H172O17P2/c1-7-9-11-13-15-17-19-21-23-24-25-26-27-31-35-38-42-48-54-60-66-72-87(92)100-78-85(106-90(95)75-69-63-57-50-44-40-36-32-29-28-30-34-37-41-46-52-58-64-70-82(3)4)80-104-108(96,97)102-76-84(91)77-103-109(98,99)105-81-86(79-101-88(93)73-67-61-55-51-45-47-53-59-65-71-83(5)6)107-89(94)74-68-62-56-49-43-39-33-22-20-18-16-14-12-10-8-2/h18,20,22,33,82-86,91H,7-17,19,21,23-32,34-81H2,1-6H3,(H,96,97)(H,98,99)/b20-18-,33-22-/t84-,85-,86-/m1/s1. The molecule has 0 rings (SSSR count). The molecule has 0 aliphatic rings. The van der Waals surface area contributed by atoms with Gasteiger partial charge in [0.2, 0.25) is 0 Å². The van der Waals surface area contributed by atoms with E-state index in [4.69, 9.17) is 37.0 Å². The first-order valence-electron chi connectivity index (χ1n) is 45.8. The largest absolute Gasteiger partial charge is 0.472 e. The fourth-order valence-electron chi connectivity index (χ4n) is 13.6. The van der Waals surface area contributed by atoms with Crippen molar-refractivity contribution >= 4 is 39.5 Å². The Morgan fingerprint density at radius 1 is 0.284 bits per heavy atom. The molecule has 0 heterocycles. The van der Waals surface area contributed by atoms with Crippen molar-refractivity contribution in [2.75, 3.05) is 39.6 Å². The van der Waals surface area contributed by atoms with Gasteiger partial charge in [-0.25, -0.2) is 9.13 Å². The van der Waals surface area contributed by atoms with E-state index in [1.54, 1.807) is 0 Å². The molecule has 644 valence electrons. The van der Waals surface area contributed by atoms with E-state index in [9.17, 15) is 43.2 Å². The zero-order chi connectivity index (χ0) is 79.9. The SMILES string of the molecule is CCCCCC/C=C\C=C/CCCCCCCC(=O)O[C@H](COC(=O)CCCCCCCCCCCC(C)C)COP(=O)(O)OC[C@H](O)COP(=O)(O)OC[C@@H](COC(=O)CCCCCCCCCCCCCCCCCCCCCCC)OC(=O)CCCCCCCCCCCCCCCCCCCCC(C)C. The Hall–Kier alpha value is -2.46. The number of aliphatic hydroxyl groups excluding tert-OH is 1. The van der Waals surface area contributed by atoms with Crippen LogP contribution in [0.3, 0.4) is 0 Å². The van der Waals surface area contributed by atoms with Gasteiger partial charge in [0.15, 0.2) is 12.2 Å². The summed E-state index contributed by atoms with van der Waals surface area (Å²) in [6.07, 6.45) is 77.3. The maximum atomic E-state index is 13.2. The lowest BCUT2D eigenvalue weighted by atomic mass is 10.0. The number of aliphatic hydroxyl groups is 1. The van der Waals surface area contributed by atoms with Crippen LogP contribution < -0.4 is 0 Å². The first-order valence-corrected chi connectivity index (χ1v) is 48.8. The van der Waals surface area contributed by atoms with Gasteiger partial charge in [0.25, 0.3) is 0 Å². The second-order valence-corrected chi connectivity index (χ2v) is 35.5. The van der Waals surface area contributed by atoms with Gasteiger partial charge in [0, 0.05) is 25.7 Å². The molecule has 0 amide bonds. The Bertz CT molecular complexity index is 2180. The molecule has 17 nitrogen and oxygen atoms in total. The summed E-state index contributed by atoms with van der Waals surface area (Å²) >= 11 is 0. The summed E-state index contributed by atoms with van der Waals surface area (Å²) < 4.78 is 69.0. The molecule has 0 aliphatic heterocycles. The third-order valence-electron chi connectivity index (χ3n) is 20.6. The highest BCUT2D eigenvalue weighted by Gasteiger charge is 2.30. The van der Waals surface area contributed by atoms with Gasteiger partial charge in [0.05, 0.1) is 26.4 Å². The third kappa shape index (κ3) is 83.3. The minimum Gasteiger partial charge on any atom is -0.462 e. The summed E-state index contributed by atoms with van der Waals surface area (Å²) in [6.45, 7) is 9.64. The van der Waals surface area contributed by atoms with Gasteiger partial charge in [0.1, 0.15) is 19.3 Å². The summed E-state index contributed by atoms with van der Waals surface area (Å²) in [4.78, 5) is 73.3. The van der Waals surface area contributed by atoms with Crippen LogP contribution in [0.1, 0.15) is 459 Å². The first kappa shape index (κ1) is 107. The van der Waals surface area contributed by atoms with Crippen molar-refractivity contribution in [3.63, 3.8) is 0 Å². The second kappa shape index (κ2) is 80.7. The molecule has 0 aromatic rings. The van der Waals surface area contributed by atoms with E-state index in [0.717, 1.165) is 115 Å². The molecule has 0 saturated heterocycles. The van der Waals surface area contributed by atoms with E-state index in [0.29, 0.717) is 25.7 Å². The lowest BCUT2D eigenvalue weighted by molar-refractivity contribution is -0.161. The molecule has 0 saturated carbocycles. The number of phosphoric ester groups is 2. The molecular weight excluding hydrogens is 1410 g/mol. The van der Waals surface area contributed by atoms with Gasteiger partial charge < -0.3 is 33.8 Å². The number of carbonyl (C=O) groups excluding carboxylic acids is 4. The predicted octanol–water partition coefficient (Wildman–Crippen LogP) is 27.3. The lowest BCUT2D eigenvalue weighted by Crippen LogP contribution is -2.30. The van der Waals surface area contributed by atoms with Crippen molar-refractivity contribution in [1.82, 2.24) is 0 Å². The fourth-order valence-corrected chi connectivity index (χ4v) is 15.2. The average molecular weight is 1590 g/mol. The Kier molecular flexibility index (Phi) is 78.9. The average Bonchev–Trinajstić information content (AvgIpc) is 0.902. The van der Waals surface area contributed by atoms with Gasteiger partial charge in [-0.1, -0.05) is 406 Å². The molecule has 0 aromatic heterocycles. The zero-order valence-electron chi connectivity index (χ0n) is 71.4. The molecule has 19 heteroatoms. The summed E-state index contributed by atoms with van der Waals surface area (Å²) in [6, 6.07) is 0. The monoisotopic (exact) mass is 1590 g/mol. The summed E-state index contributed by atoms with van der Waals surface area (Å²) in [5.74, 6) is -0.569. The Labute approximate surface area is 669 Å². The van der Waals surface area contributed by atoms with Crippen molar-refractivity contribution < 1.29 is 80.2 Å². The smallest absolute Gasteiger partial charge is 0.462 e. The van der Waals surface area contributed by atoms with E-state index >= 15 is 0 Å². The third-order valence-corrected chi connectivity index (χ3v) is 22.5. The first-order chi connectivity index (χ1) is 52.9.